The molecule has 0 bridgehead atoms. The van der Waals surface area contributed by atoms with Gasteiger partial charge in [0.05, 0.1) is 25.3 Å². The largest absolute Gasteiger partial charge is 0.491 e. The Hall–Kier alpha value is -3.51. The Kier molecular flexibility index (Phi) is 8.86. The minimum atomic E-state index is -1.01. The molecular weight excluding hydrogens is 514 g/mol. The first-order valence-electron chi connectivity index (χ1n) is 13.0. The molecule has 1 fully saturated rings. The van der Waals surface area contributed by atoms with Crippen LogP contribution in [-0.2, 0) is 20.9 Å². The highest BCUT2D eigenvalue weighted by molar-refractivity contribution is 5.99. The van der Waals surface area contributed by atoms with Gasteiger partial charge in [-0.1, -0.05) is 0 Å². The van der Waals surface area contributed by atoms with Crippen LogP contribution in [0.2, 0.25) is 0 Å². The second-order valence-corrected chi connectivity index (χ2v) is 10.3. The van der Waals surface area contributed by atoms with E-state index in [4.69, 9.17) is 14.2 Å². The van der Waals surface area contributed by atoms with E-state index in [0.29, 0.717) is 19.6 Å². The Morgan fingerprint density at radius 3 is 2.72 bits per heavy atom. The van der Waals surface area contributed by atoms with Gasteiger partial charge < -0.3 is 29.5 Å². The molecule has 2 aromatic rings. The van der Waals surface area contributed by atoms with E-state index in [1.165, 1.54) is 15.6 Å². The molecule has 2 N–H and O–H groups in total. The molecule has 0 aliphatic carbocycles. The van der Waals surface area contributed by atoms with Crippen LogP contribution < -0.4 is 14.8 Å². The van der Waals surface area contributed by atoms with E-state index >= 15 is 0 Å². The molecule has 10 nitrogen and oxygen atoms in total. The van der Waals surface area contributed by atoms with Crippen LogP contribution in [0.1, 0.15) is 40.0 Å². The highest BCUT2D eigenvalue weighted by Crippen LogP contribution is 2.33. The van der Waals surface area contributed by atoms with Crippen molar-refractivity contribution in [3.63, 3.8) is 0 Å². The average Bonchev–Trinajstić information content (AvgIpc) is 3.46. The molecule has 212 valence electrons. The minimum absolute atomic E-state index is 0.00526. The first-order chi connectivity index (χ1) is 18.5. The summed E-state index contributed by atoms with van der Waals surface area (Å²) in [5.74, 6) is -3.35. The number of benzene rings is 1. The number of aliphatic hydroxyl groups is 1. The second kappa shape index (κ2) is 12.1. The molecule has 1 saturated heterocycles. The van der Waals surface area contributed by atoms with Crippen molar-refractivity contribution in [3.05, 3.63) is 47.9 Å². The van der Waals surface area contributed by atoms with E-state index in [2.05, 4.69) is 10.4 Å². The van der Waals surface area contributed by atoms with Crippen molar-refractivity contribution in [2.24, 2.45) is 5.92 Å². The van der Waals surface area contributed by atoms with Crippen molar-refractivity contribution in [2.45, 2.75) is 58.2 Å². The molecule has 2 aliphatic heterocycles. The molecule has 12 heteroatoms. The number of halogens is 2. The molecule has 0 spiro atoms. The summed E-state index contributed by atoms with van der Waals surface area (Å²) in [6, 6.07) is 2.90. The van der Waals surface area contributed by atoms with E-state index in [1.54, 1.807) is 33.0 Å². The smallest absolute Gasteiger partial charge is 0.251 e. The lowest BCUT2D eigenvalue weighted by Gasteiger charge is -2.31. The molecule has 0 unspecified atom stereocenters. The van der Waals surface area contributed by atoms with Crippen LogP contribution in [0.15, 0.2) is 36.2 Å². The maximum Gasteiger partial charge on any atom is 0.251 e. The maximum atomic E-state index is 14.8. The van der Waals surface area contributed by atoms with Gasteiger partial charge in [0.25, 0.3) is 5.91 Å². The number of rotatable bonds is 11. The van der Waals surface area contributed by atoms with Crippen molar-refractivity contribution in [2.75, 3.05) is 31.7 Å². The molecule has 0 saturated carbocycles. The quantitative estimate of drug-likeness (QED) is 0.443. The van der Waals surface area contributed by atoms with E-state index < -0.39 is 40.8 Å². The first kappa shape index (κ1) is 28.5. The van der Waals surface area contributed by atoms with Gasteiger partial charge in [0.15, 0.2) is 17.4 Å². The number of hydrogen-bond acceptors (Lipinski definition) is 7. The lowest BCUT2D eigenvalue weighted by atomic mass is 9.91. The van der Waals surface area contributed by atoms with Gasteiger partial charge in [-0.15, -0.1) is 0 Å². The van der Waals surface area contributed by atoms with Crippen LogP contribution in [0.5, 0.6) is 11.5 Å². The molecule has 2 amide bonds. The summed E-state index contributed by atoms with van der Waals surface area (Å²) >= 11 is 0. The van der Waals surface area contributed by atoms with E-state index in [9.17, 15) is 23.5 Å². The number of nitrogens with zero attached hydrogens (tertiary/aromatic N) is 3. The number of carbonyl (C=O) groups excluding carboxylic acids is 2. The molecular formula is C27H34F2N4O6. The highest BCUT2D eigenvalue weighted by Gasteiger charge is 2.37. The summed E-state index contributed by atoms with van der Waals surface area (Å²) in [6.07, 6.45) is 4.62. The van der Waals surface area contributed by atoms with Gasteiger partial charge in [-0.2, -0.15) is 9.49 Å². The molecule has 2 aliphatic rings. The summed E-state index contributed by atoms with van der Waals surface area (Å²) in [7, 11) is 0. The SMILES string of the molecule is CCOc1ccc(F)c(OC2=CC(=O)N([C@H](CC3CCOCC3)C(=O)Nc3ccn(CC(C)(C)O)n3)C2)c1F. The van der Waals surface area contributed by atoms with Gasteiger partial charge in [-0.05, 0) is 58.1 Å². The van der Waals surface area contributed by atoms with Gasteiger partial charge >= 0.3 is 0 Å². The van der Waals surface area contributed by atoms with Crippen LogP contribution in [0, 0.1) is 17.6 Å². The van der Waals surface area contributed by atoms with Gasteiger partial charge in [-0.25, -0.2) is 4.39 Å². The number of aromatic nitrogens is 2. The number of anilines is 1. The predicted octanol–water partition coefficient (Wildman–Crippen LogP) is 3.26. The summed E-state index contributed by atoms with van der Waals surface area (Å²) in [5, 5.41) is 17.1. The van der Waals surface area contributed by atoms with Gasteiger partial charge in [0.2, 0.25) is 17.5 Å². The van der Waals surface area contributed by atoms with Crippen molar-refractivity contribution in [3.8, 4) is 11.5 Å². The Labute approximate surface area is 225 Å². The molecule has 4 rings (SSSR count). The molecule has 1 aromatic carbocycles. The fourth-order valence-electron chi connectivity index (χ4n) is 4.64. The third-order valence-electron chi connectivity index (χ3n) is 6.46. The zero-order chi connectivity index (χ0) is 28.2. The lowest BCUT2D eigenvalue weighted by molar-refractivity contribution is -0.134. The number of nitrogens with one attached hydrogen (secondary N) is 1. The predicted molar refractivity (Wildman–Crippen MR) is 137 cm³/mol. The molecule has 1 atom stereocenters. The van der Waals surface area contributed by atoms with E-state index in [1.807, 2.05) is 0 Å². The fraction of sp³-hybridized carbons (Fsp3) is 0.519. The zero-order valence-electron chi connectivity index (χ0n) is 22.3. The Morgan fingerprint density at radius 1 is 1.28 bits per heavy atom. The van der Waals surface area contributed by atoms with Crippen LogP contribution in [-0.4, -0.2) is 69.6 Å². The number of hydrogen-bond donors (Lipinski definition) is 2. The summed E-state index contributed by atoms with van der Waals surface area (Å²) in [4.78, 5) is 27.8. The van der Waals surface area contributed by atoms with Crippen molar-refractivity contribution in [1.82, 2.24) is 14.7 Å². The Bertz CT molecular complexity index is 1220. The number of ether oxygens (including phenoxy) is 3. The van der Waals surface area contributed by atoms with Crippen LogP contribution >= 0.6 is 0 Å². The van der Waals surface area contributed by atoms with Gasteiger partial charge in [0, 0.05) is 31.6 Å². The second-order valence-electron chi connectivity index (χ2n) is 10.3. The van der Waals surface area contributed by atoms with E-state index in [0.717, 1.165) is 25.0 Å². The molecule has 1 aromatic heterocycles. The van der Waals surface area contributed by atoms with Crippen LogP contribution in [0.25, 0.3) is 0 Å². The molecule has 0 radical (unpaired) electrons. The normalized spacial score (nSPS) is 17.2. The zero-order valence-corrected chi connectivity index (χ0v) is 22.3. The van der Waals surface area contributed by atoms with Crippen LogP contribution in [0.3, 0.4) is 0 Å². The maximum absolute atomic E-state index is 14.8. The summed E-state index contributed by atoms with van der Waals surface area (Å²) in [6.45, 7) is 6.34. The minimum Gasteiger partial charge on any atom is -0.491 e. The highest BCUT2D eigenvalue weighted by atomic mass is 19.1. The van der Waals surface area contributed by atoms with Gasteiger partial charge in [0.1, 0.15) is 11.8 Å². The van der Waals surface area contributed by atoms with Crippen molar-refractivity contribution < 1.29 is 37.7 Å². The molecule has 3 heterocycles. The van der Waals surface area contributed by atoms with Crippen LogP contribution in [0.4, 0.5) is 14.6 Å². The standard InChI is InChI=1S/C27H34F2N4O6/c1-4-38-21-6-5-19(28)25(24(21)29)39-18-14-23(34)33(15-18)20(13-17-8-11-37-12-9-17)26(35)30-22-7-10-32(31-22)16-27(2,3)36/h5-7,10,14,17,20,36H,4,8-9,11-13,15-16H2,1-3H3,(H,30,31,35)/t20-/m1/s1. The fourth-order valence-corrected chi connectivity index (χ4v) is 4.64. The average molecular weight is 549 g/mol. The first-order valence-corrected chi connectivity index (χ1v) is 13.0. The van der Waals surface area contributed by atoms with Crippen molar-refractivity contribution in [1.29, 1.82) is 0 Å². The summed E-state index contributed by atoms with van der Waals surface area (Å²) in [5.41, 5.74) is -0.996. The third kappa shape index (κ3) is 7.33. The monoisotopic (exact) mass is 548 g/mol. The number of amides is 2. The van der Waals surface area contributed by atoms with Crippen molar-refractivity contribution >= 4 is 17.6 Å². The Morgan fingerprint density at radius 2 is 2.03 bits per heavy atom. The third-order valence-corrected chi connectivity index (χ3v) is 6.46. The van der Waals surface area contributed by atoms with E-state index in [-0.39, 0.29) is 42.9 Å². The molecule has 39 heavy (non-hydrogen) atoms. The lowest BCUT2D eigenvalue weighted by Crippen LogP contribution is -2.47. The number of carbonyl (C=O) groups is 2. The topological polar surface area (TPSA) is 115 Å². The Balaban J connectivity index is 1.51. The summed E-state index contributed by atoms with van der Waals surface area (Å²) < 4.78 is 46.8. The van der Waals surface area contributed by atoms with Gasteiger partial charge in [-0.3, -0.25) is 14.3 Å².